The molecule has 0 aromatic heterocycles. The van der Waals surface area contributed by atoms with Crippen LogP contribution < -0.4 is 11.1 Å². The second-order valence-corrected chi connectivity index (χ2v) is 4.08. The number of hydrogen-bond donors (Lipinski definition) is 2. The minimum Gasteiger partial charge on any atom is -0.398 e. The van der Waals surface area contributed by atoms with E-state index < -0.39 is 11.7 Å². The lowest BCUT2D eigenvalue weighted by Crippen LogP contribution is -2.13. The number of halogens is 2. The van der Waals surface area contributed by atoms with Gasteiger partial charge < -0.3 is 11.1 Å². The maximum atomic E-state index is 13.2. The fraction of sp³-hybridized carbons (Fsp3) is 0. The molecule has 3 N–H and O–H groups in total. The minimum absolute atomic E-state index is 0.00669. The summed E-state index contributed by atoms with van der Waals surface area (Å²) in [5.74, 6) is -0.981. The van der Waals surface area contributed by atoms with Gasteiger partial charge in [-0.1, -0.05) is 23.7 Å². The first-order valence-corrected chi connectivity index (χ1v) is 5.56. The second kappa shape index (κ2) is 5.06. The monoisotopic (exact) mass is 264 g/mol. The van der Waals surface area contributed by atoms with Crippen molar-refractivity contribution in [3.05, 3.63) is 58.9 Å². The maximum absolute atomic E-state index is 13.2. The number of nitrogens with one attached hydrogen (secondary N) is 1. The molecule has 0 radical (unpaired) electrons. The van der Waals surface area contributed by atoms with E-state index in [0.29, 0.717) is 16.9 Å². The largest absolute Gasteiger partial charge is 0.398 e. The molecule has 0 saturated carbocycles. The molecular weight excluding hydrogens is 255 g/mol. The van der Waals surface area contributed by atoms with Crippen molar-refractivity contribution in [1.29, 1.82) is 0 Å². The Labute approximate surface area is 108 Å². The first-order chi connectivity index (χ1) is 8.58. The number of anilines is 2. The van der Waals surface area contributed by atoms with E-state index in [1.54, 1.807) is 24.3 Å². The number of carbonyl (C=O) groups is 1. The molecule has 18 heavy (non-hydrogen) atoms. The van der Waals surface area contributed by atoms with E-state index in [-0.39, 0.29) is 5.02 Å². The molecular formula is C13H10ClFN2O. The quantitative estimate of drug-likeness (QED) is 0.818. The smallest absolute Gasteiger partial charge is 0.257 e. The van der Waals surface area contributed by atoms with Crippen LogP contribution in [-0.2, 0) is 0 Å². The van der Waals surface area contributed by atoms with E-state index in [2.05, 4.69) is 5.32 Å². The Morgan fingerprint density at radius 2 is 1.94 bits per heavy atom. The van der Waals surface area contributed by atoms with Crippen molar-refractivity contribution in [2.24, 2.45) is 0 Å². The molecule has 1 amide bonds. The third kappa shape index (κ3) is 2.60. The predicted octanol–water partition coefficient (Wildman–Crippen LogP) is 3.31. The van der Waals surface area contributed by atoms with Crippen LogP contribution in [0.5, 0.6) is 0 Å². The Hall–Kier alpha value is -2.07. The highest BCUT2D eigenvalue weighted by Crippen LogP contribution is 2.20. The van der Waals surface area contributed by atoms with Gasteiger partial charge in [0.05, 0.1) is 10.6 Å². The Balaban J connectivity index is 2.22. The summed E-state index contributed by atoms with van der Waals surface area (Å²) in [6.45, 7) is 0. The molecule has 5 heteroatoms. The lowest BCUT2D eigenvalue weighted by molar-refractivity contribution is 0.102. The number of benzene rings is 2. The van der Waals surface area contributed by atoms with Crippen LogP contribution in [0.15, 0.2) is 42.5 Å². The van der Waals surface area contributed by atoms with Crippen LogP contribution in [0.1, 0.15) is 10.4 Å². The summed E-state index contributed by atoms with van der Waals surface area (Å²) in [7, 11) is 0. The van der Waals surface area contributed by atoms with E-state index in [1.807, 2.05) is 0 Å². The number of nitrogens with two attached hydrogens (primary N) is 1. The van der Waals surface area contributed by atoms with Crippen molar-refractivity contribution in [3.8, 4) is 0 Å². The molecule has 2 aromatic carbocycles. The molecule has 0 spiro atoms. The summed E-state index contributed by atoms with van der Waals surface area (Å²) in [5.41, 5.74) is 6.70. The number of carbonyl (C=O) groups excluding carboxylic acids is 1. The van der Waals surface area contributed by atoms with E-state index in [9.17, 15) is 9.18 Å². The third-order valence-corrected chi connectivity index (χ3v) is 2.69. The Kier molecular flexibility index (Phi) is 3.48. The first-order valence-electron chi connectivity index (χ1n) is 5.19. The van der Waals surface area contributed by atoms with Crippen molar-refractivity contribution in [1.82, 2.24) is 0 Å². The summed E-state index contributed by atoms with van der Waals surface area (Å²) in [6.07, 6.45) is 0. The topological polar surface area (TPSA) is 55.1 Å². The van der Waals surface area contributed by atoms with Gasteiger partial charge in [-0.15, -0.1) is 0 Å². The molecule has 0 heterocycles. The van der Waals surface area contributed by atoms with E-state index >= 15 is 0 Å². The van der Waals surface area contributed by atoms with Crippen LogP contribution in [0.2, 0.25) is 5.02 Å². The second-order valence-electron chi connectivity index (χ2n) is 3.67. The van der Waals surface area contributed by atoms with E-state index in [0.717, 1.165) is 6.07 Å². The zero-order chi connectivity index (χ0) is 13.1. The van der Waals surface area contributed by atoms with Crippen molar-refractivity contribution >= 4 is 28.9 Å². The van der Waals surface area contributed by atoms with Crippen molar-refractivity contribution in [2.45, 2.75) is 0 Å². The van der Waals surface area contributed by atoms with Crippen molar-refractivity contribution in [2.75, 3.05) is 11.1 Å². The van der Waals surface area contributed by atoms with Gasteiger partial charge in [0.25, 0.3) is 5.91 Å². The summed E-state index contributed by atoms with van der Waals surface area (Å²) in [6, 6.07) is 10.7. The Morgan fingerprint density at radius 1 is 1.22 bits per heavy atom. The van der Waals surface area contributed by atoms with Gasteiger partial charge in [0.2, 0.25) is 0 Å². The highest BCUT2D eigenvalue weighted by Gasteiger charge is 2.10. The SMILES string of the molecule is Nc1ccccc1C(=O)Nc1ccc(Cl)c(F)c1. The standard InChI is InChI=1S/C13H10ClFN2O/c14-10-6-5-8(7-11(10)15)17-13(18)9-3-1-2-4-12(9)16/h1-7H,16H2,(H,17,18). The van der Waals surface area contributed by atoms with Gasteiger partial charge in [-0.05, 0) is 30.3 Å². The van der Waals surface area contributed by atoms with Crippen LogP contribution >= 0.6 is 11.6 Å². The highest BCUT2D eigenvalue weighted by atomic mass is 35.5. The zero-order valence-electron chi connectivity index (χ0n) is 9.28. The molecule has 0 unspecified atom stereocenters. The summed E-state index contributed by atoms with van der Waals surface area (Å²) in [4.78, 5) is 11.9. The van der Waals surface area contributed by atoms with Gasteiger partial charge >= 0.3 is 0 Å². The average Bonchev–Trinajstić information content (AvgIpc) is 2.34. The number of hydrogen-bond acceptors (Lipinski definition) is 2. The van der Waals surface area contributed by atoms with Crippen molar-refractivity contribution < 1.29 is 9.18 Å². The van der Waals surface area contributed by atoms with Gasteiger partial charge in [-0.25, -0.2) is 4.39 Å². The number of amides is 1. The molecule has 0 aliphatic rings. The number of rotatable bonds is 2. The molecule has 2 aromatic rings. The van der Waals surface area contributed by atoms with Crippen LogP contribution in [-0.4, -0.2) is 5.91 Å². The molecule has 0 aliphatic carbocycles. The summed E-state index contributed by atoms with van der Waals surface area (Å²) < 4.78 is 13.2. The number of nitrogen functional groups attached to an aromatic ring is 1. The normalized spacial score (nSPS) is 10.1. The van der Waals surface area contributed by atoms with Crippen LogP contribution in [0, 0.1) is 5.82 Å². The number of para-hydroxylation sites is 1. The van der Waals surface area contributed by atoms with Gasteiger partial charge in [0.15, 0.2) is 0 Å². The maximum Gasteiger partial charge on any atom is 0.257 e. The molecule has 0 fully saturated rings. The first kappa shape index (κ1) is 12.4. The third-order valence-electron chi connectivity index (χ3n) is 2.38. The predicted molar refractivity (Wildman–Crippen MR) is 70.2 cm³/mol. The van der Waals surface area contributed by atoms with Crippen LogP contribution in [0.3, 0.4) is 0 Å². The molecule has 3 nitrogen and oxygen atoms in total. The average molecular weight is 265 g/mol. The molecule has 0 bridgehead atoms. The van der Waals surface area contributed by atoms with Gasteiger partial charge in [-0.3, -0.25) is 4.79 Å². The lowest BCUT2D eigenvalue weighted by atomic mass is 10.1. The molecule has 2 rings (SSSR count). The van der Waals surface area contributed by atoms with Crippen LogP contribution in [0.25, 0.3) is 0 Å². The van der Waals surface area contributed by atoms with Crippen LogP contribution in [0.4, 0.5) is 15.8 Å². The summed E-state index contributed by atoms with van der Waals surface area (Å²) >= 11 is 5.55. The fourth-order valence-electron chi connectivity index (χ4n) is 1.48. The van der Waals surface area contributed by atoms with Gasteiger partial charge in [-0.2, -0.15) is 0 Å². The lowest BCUT2D eigenvalue weighted by Gasteiger charge is -2.07. The molecule has 0 saturated heterocycles. The fourth-order valence-corrected chi connectivity index (χ4v) is 1.59. The summed E-state index contributed by atoms with van der Waals surface area (Å²) in [5, 5.41) is 2.56. The molecule has 0 aliphatic heterocycles. The van der Waals surface area contributed by atoms with Gasteiger partial charge in [0, 0.05) is 11.4 Å². The Bertz CT molecular complexity index is 601. The molecule has 0 atom stereocenters. The minimum atomic E-state index is -0.587. The zero-order valence-corrected chi connectivity index (χ0v) is 10.0. The van der Waals surface area contributed by atoms with Crippen molar-refractivity contribution in [3.63, 3.8) is 0 Å². The van der Waals surface area contributed by atoms with E-state index in [1.165, 1.54) is 12.1 Å². The van der Waals surface area contributed by atoms with E-state index in [4.69, 9.17) is 17.3 Å². The van der Waals surface area contributed by atoms with Gasteiger partial charge in [0.1, 0.15) is 5.82 Å². The highest BCUT2D eigenvalue weighted by molar-refractivity contribution is 6.30. The molecule has 92 valence electrons. The Morgan fingerprint density at radius 3 is 2.61 bits per heavy atom.